The Kier molecular flexibility index (Phi) is 8.43. The minimum absolute atomic E-state index is 0.0432. The molecule has 0 saturated carbocycles. The van der Waals surface area contributed by atoms with Crippen molar-refractivity contribution in [2.45, 2.75) is 62.8 Å². The van der Waals surface area contributed by atoms with Crippen LogP contribution in [0.3, 0.4) is 0 Å². The molecule has 55 heavy (non-hydrogen) atoms. The van der Waals surface area contributed by atoms with Crippen LogP contribution in [0.25, 0.3) is 32.0 Å². The van der Waals surface area contributed by atoms with Crippen LogP contribution in [0.4, 0.5) is 18.9 Å². The number of rotatable bonds is 8. The SMILES string of the molecule is CC1(C)C(CCC(=O)O)=c2cc3c(cc2-c2sccc21)=C(c1c(F)c(F)cc(F)c1S(=O)(=O)O)c1cc2c(cc1O3)N(CCC(=O)O)C(C)(C)c1ccsc1-2. The molecule has 1 aliphatic carbocycles. The highest BCUT2D eigenvalue weighted by molar-refractivity contribution is 7.86. The predicted octanol–water partition coefficient (Wildman–Crippen LogP) is 8.00. The molecule has 15 heteroatoms. The fourth-order valence-corrected chi connectivity index (χ4v) is 11.3. The Hall–Kier alpha value is -4.96. The first-order valence-corrected chi connectivity index (χ1v) is 20.3. The molecule has 3 N–H and O–H groups in total. The van der Waals surface area contributed by atoms with Crippen LogP contribution >= 0.6 is 22.7 Å². The van der Waals surface area contributed by atoms with Gasteiger partial charge in [-0.15, -0.1) is 22.7 Å². The largest absolute Gasteiger partial charge is 0.481 e. The summed E-state index contributed by atoms with van der Waals surface area (Å²) in [5.74, 6) is -7.04. The van der Waals surface area contributed by atoms with Gasteiger partial charge in [0, 0.05) is 79.0 Å². The Morgan fingerprint density at radius 1 is 0.800 bits per heavy atom. The Morgan fingerprint density at radius 2 is 1.45 bits per heavy atom. The van der Waals surface area contributed by atoms with Gasteiger partial charge in [-0.2, -0.15) is 8.42 Å². The van der Waals surface area contributed by atoms with Gasteiger partial charge in [-0.3, -0.25) is 14.1 Å². The normalized spacial score (nSPS) is 16.0. The molecule has 0 amide bonds. The van der Waals surface area contributed by atoms with Crippen molar-refractivity contribution in [2.75, 3.05) is 11.4 Å². The van der Waals surface area contributed by atoms with E-state index in [-0.39, 0.29) is 59.7 Å². The minimum atomic E-state index is -5.51. The standard InChI is InChI=1S/C40H32F3NO8S3/c1-39(2)23(5-6-31(45)46)18-15-29-21(13-19(18)36-24(39)8-11-53-36)33(34-35(43)26(41)16-27(42)38(34)55(49,50)51)22-14-20-28(17-30(22)52-29)44(10-7-32(47)48)40(3,4)25-9-12-54-37(20)25/h8-9,11-17H,5-7,10H2,1-4H3,(H,45,46)(H,47,48)(H,49,50,51). The van der Waals surface area contributed by atoms with Crippen molar-refractivity contribution in [3.8, 4) is 32.4 Å². The first-order chi connectivity index (χ1) is 25.8. The maximum atomic E-state index is 16.4. The second-order valence-corrected chi connectivity index (χ2v) is 17.9. The van der Waals surface area contributed by atoms with E-state index in [1.54, 1.807) is 24.3 Å². The Morgan fingerprint density at radius 3 is 2.11 bits per heavy atom. The summed E-state index contributed by atoms with van der Waals surface area (Å²) in [6.45, 7) is 7.94. The molecule has 9 nitrogen and oxygen atoms in total. The first kappa shape index (κ1) is 37.0. The van der Waals surface area contributed by atoms with Crippen LogP contribution in [0.1, 0.15) is 69.2 Å². The second kappa shape index (κ2) is 12.5. The van der Waals surface area contributed by atoms with E-state index in [4.69, 9.17) is 4.74 Å². The number of fused-ring (bicyclic) bond motifs is 8. The quantitative estimate of drug-likeness (QED) is 0.103. The van der Waals surface area contributed by atoms with Crippen molar-refractivity contribution in [1.82, 2.24) is 0 Å². The molecule has 8 rings (SSSR count). The summed E-state index contributed by atoms with van der Waals surface area (Å²) in [5, 5.41) is 23.8. The summed E-state index contributed by atoms with van der Waals surface area (Å²) in [7, 11) is -5.51. The molecule has 3 aliphatic rings. The van der Waals surface area contributed by atoms with Gasteiger partial charge >= 0.3 is 11.9 Å². The average Bonchev–Trinajstić information content (AvgIpc) is 3.79. The van der Waals surface area contributed by atoms with Gasteiger partial charge < -0.3 is 19.8 Å². The monoisotopic (exact) mass is 807 g/mol. The van der Waals surface area contributed by atoms with E-state index in [0.29, 0.717) is 22.0 Å². The molecule has 4 heterocycles. The van der Waals surface area contributed by atoms with E-state index >= 15 is 13.2 Å². The Bertz CT molecular complexity index is 2780. The van der Waals surface area contributed by atoms with E-state index in [0.717, 1.165) is 26.5 Å². The van der Waals surface area contributed by atoms with Gasteiger partial charge in [0.15, 0.2) is 11.6 Å². The maximum Gasteiger partial charge on any atom is 0.305 e. The Labute approximate surface area is 321 Å². The van der Waals surface area contributed by atoms with Crippen LogP contribution in [-0.2, 0) is 30.7 Å². The summed E-state index contributed by atoms with van der Waals surface area (Å²) in [4.78, 5) is 25.7. The zero-order valence-corrected chi connectivity index (χ0v) is 32.2. The molecule has 2 aromatic heterocycles. The molecular formula is C40H32F3NO8S3. The zero-order chi connectivity index (χ0) is 39.5. The van der Waals surface area contributed by atoms with Crippen LogP contribution in [0.15, 0.2) is 58.1 Å². The fraction of sp³-hybridized carbons (Fsp3) is 0.250. The van der Waals surface area contributed by atoms with Gasteiger partial charge in [-0.05, 0) is 77.7 Å². The van der Waals surface area contributed by atoms with Gasteiger partial charge in [-0.25, -0.2) is 13.2 Å². The lowest BCUT2D eigenvalue weighted by Crippen LogP contribution is -2.45. The highest BCUT2D eigenvalue weighted by atomic mass is 32.2. The smallest absolute Gasteiger partial charge is 0.305 e. The molecule has 3 aromatic carbocycles. The number of ether oxygens (including phenoxy) is 1. The van der Waals surface area contributed by atoms with E-state index < -0.39 is 60.9 Å². The third-order valence-electron chi connectivity index (χ3n) is 10.9. The summed E-state index contributed by atoms with van der Waals surface area (Å²) < 4.78 is 90.1. The number of benzene rings is 3. The lowest BCUT2D eigenvalue weighted by molar-refractivity contribution is -0.137. The molecule has 0 fully saturated rings. The molecule has 0 spiro atoms. The third kappa shape index (κ3) is 5.61. The summed E-state index contributed by atoms with van der Waals surface area (Å²) in [6.07, 6.45) is -0.231. The molecule has 0 radical (unpaired) electrons. The van der Waals surface area contributed by atoms with Crippen molar-refractivity contribution in [2.24, 2.45) is 0 Å². The molecule has 5 aromatic rings. The van der Waals surface area contributed by atoms with Crippen LogP contribution in [0.2, 0.25) is 0 Å². The predicted molar refractivity (Wildman–Crippen MR) is 203 cm³/mol. The molecule has 0 bridgehead atoms. The number of thiophene rings is 2. The van der Waals surface area contributed by atoms with Crippen LogP contribution in [0, 0.1) is 17.5 Å². The van der Waals surface area contributed by atoms with Gasteiger partial charge in [-0.1, -0.05) is 19.4 Å². The number of carboxylic acid groups (broad SMARTS) is 2. The van der Waals surface area contributed by atoms with E-state index in [9.17, 15) is 32.8 Å². The van der Waals surface area contributed by atoms with Gasteiger partial charge in [0.25, 0.3) is 10.1 Å². The first-order valence-electron chi connectivity index (χ1n) is 17.1. The number of carbonyl (C=O) groups is 2. The summed E-state index contributed by atoms with van der Waals surface area (Å²) in [5.41, 5.74) is 1.67. The van der Waals surface area contributed by atoms with Gasteiger partial charge in [0.05, 0.1) is 12.0 Å². The molecular weight excluding hydrogens is 776 g/mol. The van der Waals surface area contributed by atoms with Crippen molar-refractivity contribution >= 4 is 61.6 Å². The lowest BCUT2D eigenvalue weighted by atomic mass is 9.70. The number of hydrogen-bond donors (Lipinski definition) is 3. The van der Waals surface area contributed by atoms with Crippen LogP contribution in [-0.4, -0.2) is 41.7 Å². The number of halogens is 3. The summed E-state index contributed by atoms with van der Waals surface area (Å²) in [6, 6.07) is 10.4. The molecule has 0 unspecified atom stereocenters. The number of carboxylic acids is 2. The zero-order valence-electron chi connectivity index (χ0n) is 29.7. The van der Waals surface area contributed by atoms with Crippen molar-refractivity contribution in [3.05, 3.63) is 103 Å². The average molecular weight is 808 g/mol. The second-order valence-electron chi connectivity index (χ2n) is 14.7. The van der Waals surface area contributed by atoms with Crippen molar-refractivity contribution in [1.29, 1.82) is 0 Å². The minimum Gasteiger partial charge on any atom is -0.481 e. The number of nitrogens with zero attached hydrogens (tertiary/aromatic N) is 1. The highest BCUT2D eigenvalue weighted by Gasteiger charge is 2.42. The number of hydrogen-bond acceptors (Lipinski definition) is 8. The third-order valence-corrected chi connectivity index (χ3v) is 13.8. The lowest BCUT2D eigenvalue weighted by Gasteiger charge is -2.45. The molecule has 284 valence electrons. The van der Waals surface area contributed by atoms with Gasteiger partial charge in [0.2, 0.25) is 0 Å². The number of anilines is 1. The molecule has 2 aliphatic heterocycles. The van der Waals surface area contributed by atoms with Crippen LogP contribution in [0.5, 0.6) is 11.5 Å². The topological polar surface area (TPSA) is 141 Å². The fourth-order valence-electron chi connectivity index (χ4n) is 8.38. The highest BCUT2D eigenvalue weighted by Crippen LogP contribution is 2.54. The van der Waals surface area contributed by atoms with Crippen molar-refractivity contribution < 1.29 is 50.7 Å². The number of aliphatic carboxylic acids is 2. The van der Waals surface area contributed by atoms with E-state index in [2.05, 4.69) is 0 Å². The van der Waals surface area contributed by atoms with Crippen LogP contribution < -0.4 is 20.1 Å². The van der Waals surface area contributed by atoms with E-state index in [1.807, 2.05) is 55.5 Å². The van der Waals surface area contributed by atoms with Gasteiger partial charge in [0.1, 0.15) is 22.2 Å². The Balaban J connectivity index is 1.55. The van der Waals surface area contributed by atoms with Crippen molar-refractivity contribution in [3.63, 3.8) is 0 Å². The molecule has 0 atom stereocenters. The molecule has 0 saturated heterocycles. The summed E-state index contributed by atoms with van der Waals surface area (Å²) >= 11 is 2.81. The maximum absolute atomic E-state index is 16.4. The van der Waals surface area contributed by atoms with E-state index in [1.165, 1.54) is 22.7 Å².